The van der Waals surface area contributed by atoms with Crippen molar-refractivity contribution in [1.29, 1.82) is 0 Å². The van der Waals surface area contributed by atoms with Crippen molar-refractivity contribution in [3.05, 3.63) is 83.5 Å². The number of pyridine rings is 1. The first kappa shape index (κ1) is 22.5. The molecule has 0 saturated heterocycles. The van der Waals surface area contributed by atoms with Gasteiger partial charge < -0.3 is 15.0 Å². The van der Waals surface area contributed by atoms with E-state index in [-0.39, 0.29) is 12.0 Å². The van der Waals surface area contributed by atoms with Crippen LogP contribution in [0.25, 0.3) is 11.4 Å². The number of hydrogen-bond acceptors (Lipinski definition) is 7. The molecule has 170 valence electrons. The van der Waals surface area contributed by atoms with Gasteiger partial charge in [-0.1, -0.05) is 36.4 Å². The Kier molecular flexibility index (Phi) is 6.98. The third-order valence-electron chi connectivity index (χ3n) is 5.71. The second kappa shape index (κ2) is 10.3. The fraction of sp³-hybridized carbons (Fsp3) is 0.308. The number of benzene rings is 1. The Hall–Kier alpha value is -3.74. The van der Waals surface area contributed by atoms with E-state index in [2.05, 4.69) is 29.0 Å². The lowest BCUT2D eigenvalue weighted by Crippen LogP contribution is -2.31. The number of fused-ring (bicyclic) bond motifs is 1. The summed E-state index contributed by atoms with van der Waals surface area (Å²) in [4.78, 5) is 28.8. The molecule has 3 aromatic rings. The Morgan fingerprint density at radius 1 is 1.15 bits per heavy atom. The van der Waals surface area contributed by atoms with Crippen LogP contribution in [0.2, 0.25) is 0 Å². The molecule has 1 N–H and O–H groups in total. The number of carbonyl (C=O) groups excluding carboxylic acids is 1. The van der Waals surface area contributed by atoms with Crippen LogP contribution < -0.4 is 5.32 Å². The topological polar surface area (TPSA) is 80.2 Å². The molecule has 7 heteroatoms. The average molecular weight is 444 g/mol. The fourth-order valence-corrected chi connectivity index (χ4v) is 3.87. The minimum Gasteiger partial charge on any atom is -0.466 e. The van der Waals surface area contributed by atoms with Crippen molar-refractivity contribution >= 4 is 11.8 Å². The van der Waals surface area contributed by atoms with Crippen LogP contribution >= 0.6 is 0 Å². The number of nitrogens with one attached hydrogen (secondary N) is 1. The molecule has 3 heterocycles. The standard InChI is InChI=1S/C26H29N5O2/c1-18(2)31-13-11-23-22(14-21(17-31)26(32)33-3)25(28-16-19-8-7-12-27-15-19)30-24(29-23)20-9-5-4-6-10-20/h4-10,12,15,17-18H,11,13-14,16H2,1-3H3,(H,28,29,30)/b21-17+. The maximum atomic E-state index is 12.6. The lowest BCUT2D eigenvalue weighted by Gasteiger charge is -2.29. The molecule has 1 aliphatic rings. The third-order valence-corrected chi connectivity index (χ3v) is 5.71. The van der Waals surface area contributed by atoms with E-state index in [1.165, 1.54) is 7.11 Å². The van der Waals surface area contributed by atoms with E-state index >= 15 is 0 Å². The van der Waals surface area contributed by atoms with Crippen molar-refractivity contribution in [1.82, 2.24) is 19.9 Å². The van der Waals surface area contributed by atoms with Gasteiger partial charge in [-0.3, -0.25) is 4.98 Å². The number of nitrogens with zero attached hydrogens (tertiary/aromatic N) is 4. The molecule has 4 rings (SSSR count). The molecular weight excluding hydrogens is 414 g/mol. The van der Waals surface area contributed by atoms with Gasteiger partial charge in [-0.15, -0.1) is 0 Å². The van der Waals surface area contributed by atoms with E-state index in [1.54, 1.807) is 6.20 Å². The predicted octanol–water partition coefficient (Wildman–Crippen LogP) is 4.02. The van der Waals surface area contributed by atoms with Crippen LogP contribution in [0.3, 0.4) is 0 Å². The van der Waals surface area contributed by atoms with Crippen molar-refractivity contribution in [3.8, 4) is 11.4 Å². The molecule has 33 heavy (non-hydrogen) atoms. The van der Waals surface area contributed by atoms with E-state index < -0.39 is 0 Å². The van der Waals surface area contributed by atoms with Crippen LogP contribution in [0.1, 0.15) is 30.7 Å². The Balaban J connectivity index is 1.78. The van der Waals surface area contributed by atoms with Crippen molar-refractivity contribution in [2.24, 2.45) is 0 Å². The maximum absolute atomic E-state index is 12.6. The van der Waals surface area contributed by atoms with Gasteiger partial charge in [0.15, 0.2) is 5.82 Å². The first-order valence-corrected chi connectivity index (χ1v) is 11.2. The number of anilines is 1. The van der Waals surface area contributed by atoms with Gasteiger partial charge in [-0.25, -0.2) is 14.8 Å². The average Bonchev–Trinajstić information content (AvgIpc) is 2.83. The summed E-state index contributed by atoms with van der Waals surface area (Å²) in [5.41, 5.74) is 4.46. The van der Waals surface area contributed by atoms with E-state index in [0.717, 1.165) is 41.2 Å². The monoisotopic (exact) mass is 443 g/mol. The van der Waals surface area contributed by atoms with E-state index in [4.69, 9.17) is 14.7 Å². The summed E-state index contributed by atoms with van der Waals surface area (Å²) in [6, 6.07) is 14.1. The molecule has 0 radical (unpaired) electrons. The number of esters is 1. The molecule has 0 fully saturated rings. The second-order valence-electron chi connectivity index (χ2n) is 8.31. The molecule has 0 atom stereocenters. The smallest absolute Gasteiger partial charge is 0.335 e. The van der Waals surface area contributed by atoms with Gasteiger partial charge in [0.1, 0.15) is 5.82 Å². The SMILES string of the molecule is COC(=O)/C1=C/N(C(C)C)CCc2nc(-c3ccccc3)nc(NCc3cccnc3)c2C1. The number of methoxy groups -OCH3 is 1. The third kappa shape index (κ3) is 5.37. The Bertz CT molecular complexity index is 1130. The first-order chi connectivity index (χ1) is 16.0. The van der Waals surface area contributed by atoms with Crippen LogP contribution in [-0.4, -0.2) is 45.5 Å². The summed E-state index contributed by atoms with van der Waals surface area (Å²) in [5, 5.41) is 3.47. The number of aromatic nitrogens is 3. The van der Waals surface area contributed by atoms with Crippen LogP contribution in [0, 0.1) is 0 Å². The van der Waals surface area contributed by atoms with Crippen LogP contribution in [-0.2, 0) is 28.9 Å². The number of rotatable bonds is 6. The molecule has 0 bridgehead atoms. The van der Waals surface area contributed by atoms with Crippen LogP contribution in [0.5, 0.6) is 0 Å². The van der Waals surface area contributed by atoms with E-state index in [0.29, 0.717) is 24.4 Å². The normalized spacial score (nSPS) is 15.2. The lowest BCUT2D eigenvalue weighted by molar-refractivity contribution is -0.136. The molecule has 1 aliphatic heterocycles. The van der Waals surface area contributed by atoms with Crippen LogP contribution in [0.15, 0.2) is 66.6 Å². The van der Waals surface area contributed by atoms with Crippen molar-refractivity contribution in [3.63, 3.8) is 0 Å². The zero-order valence-electron chi connectivity index (χ0n) is 19.3. The van der Waals surface area contributed by atoms with Gasteiger partial charge in [-0.2, -0.15) is 0 Å². The zero-order valence-corrected chi connectivity index (χ0v) is 19.3. The van der Waals surface area contributed by atoms with Gasteiger partial charge in [0.2, 0.25) is 0 Å². The fourth-order valence-electron chi connectivity index (χ4n) is 3.87. The molecule has 0 amide bonds. The molecule has 1 aromatic carbocycles. The zero-order chi connectivity index (χ0) is 23.2. The quantitative estimate of drug-likeness (QED) is 0.577. The summed E-state index contributed by atoms with van der Waals surface area (Å²) in [6.45, 7) is 5.55. The molecular formula is C26H29N5O2. The molecule has 0 aliphatic carbocycles. The highest BCUT2D eigenvalue weighted by Gasteiger charge is 2.24. The number of ether oxygens (including phenoxy) is 1. The van der Waals surface area contributed by atoms with E-state index in [1.807, 2.05) is 54.9 Å². The van der Waals surface area contributed by atoms with Crippen molar-refractivity contribution in [2.45, 2.75) is 39.3 Å². The summed E-state index contributed by atoms with van der Waals surface area (Å²) in [6.07, 6.45) is 6.66. The van der Waals surface area contributed by atoms with Crippen molar-refractivity contribution in [2.75, 3.05) is 19.0 Å². The Morgan fingerprint density at radius 3 is 2.67 bits per heavy atom. The highest BCUT2D eigenvalue weighted by molar-refractivity contribution is 5.89. The minimum absolute atomic E-state index is 0.254. The van der Waals surface area contributed by atoms with Gasteiger partial charge in [0.05, 0.1) is 18.4 Å². The van der Waals surface area contributed by atoms with Crippen molar-refractivity contribution < 1.29 is 9.53 Å². The molecule has 0 saturated carbocycles. The Labute approximate surface area is 194 Å². The molecule has 0 spiro atoms. The lowest BCUT2D eigenvalue weighted by atomic mass is 9.99. The second-order valence-corrected chi connectivity index (χ2v) is 8.31. The molecule has 7 nitrogen and oxygen atoms in total. The predicted molar refractivity (Wildman–Crippen MR) is 128 cm³/mol. The van der Waals surface area contributed by atoms with Gasteiger partial charge in [0, 0.05) is 61.7 Å². The summed E-state index contributed by atoms with van der Waals surface area (Å²) >= 11 is 0. The minimum atomic E-state index is -0.334. The molecule has 0 unspecified atom stereocenters. The van der Waals surface area contributed by atoms with E-state index in [9.17, 15) is 4.79 Å². The largest absolute Gasteiger partial charge is 0.466 e. The maximum Gasteiger partial charge on any atom is 0.335 e. The highest BCUT2D eigenvalue weighted by Crippen LogP contribution is 2.28. The number of carbonyl (C=O) groups is 1. The van der Waals surface area contributed by atoms with Crippen LogP contribution in [0.4, 0.5) is 5.82 Å². The highest BCUT2D eigenvalue weighted by atomic mass is 16.5. The van der Waals surface area contributed by atoms with Gasteiger partial charge >= 0.3 is 5.97 Å². The number of hydrogen-bond donors (Lipinski definition) is 1. The Morgan fingerprint density at radius 2 is 1.97 bits per heavy atom. The summed E-state index contributed by atoms with van der Waals surface area (Å²) in [7, 11) is 1.42. The summed E-state index contributed by atoms with van der Waals surface area (Å²) in [5.74, 6) is 1.07. The summed E-state index contributed by atoms with van der Waals surface area (Å²) < 4.78 is 5.09. The first-order valence-electron chi connectivity index (χ1n) is 11.2. The molecule has 2 aromatic heterocycles. The van der Waals surface area contributed by atoms with Gasteiger partial charge in [0.25, 0.3) is 0 Å². The van der Waals surface area contributed by atoms with Gasteiger partial charge in [-0.05, 0) is 25.5 Å².